The number of benzene rings is 3. The maximum absolute atomic E-state index is 14.6. The molecule has 0 unspecified atom stereocenters. The standard InChI is InChI=1S/C27H29FN2O5S2/c1-27(2,3)36(31)29-26(22-17-20(28)14-15-25(22)35-18-34-4)24-16-19-10-8-9-13-23(19)30(24)37(32,33)21-11-6-5-7-12-21/h5-17,26,29H,18H2,1-4H3/t26-,36-/m0/s1. The van der Waals surface area contributed by atoms with Crippen LogP contribution < -0.4 is 9.46 Å². The molecule has 0 bridgehead atoms. The fourth-order valence-electron chi connectivity index (χ4n) is 3.88. The van der Waals surface area contributed by atoms with Crippen LogP contribution in [0.1, 0.15) is 38.1 Å². The smallest absolute Gasteiger partial charge is 0.268 e. The molecule has 0 aliphatic rings. The molecule has 0 saturated heterocycles. The molecule has 37 heavy (non-hydrogen) atoms. The van der Waals surface area contributed by atoms with Gasteiger partial charge in [0.25, 0.3) is 10.0 Å². The van der Waals surface area contributed by atoms with Crippen LogP contribution in [0.2, 0.25) is 0 Å². The molecule has 0 aliphatic carbocycles. The highest BCUT2D eigenvalue weighted by Gasteiger charge is 2.33. The Bertz CT molecular complexity index is 1530. The van der Waals surface area contributed by atoms with Crippen molar-refractivity contribution in [3.05, 3.63) is 95.9 Å². The van der Waals surface area contributed by atoms with Gasteiger partial charge in [-0.05, 0) is 63.2 Å². The van der Waals surface area contributed by atoms with Gasteiger partial charge in [0.15, 0.2) is 6.79 Å². The molecule has 10 heteroatoms. The number of methoxy groups -OCH3 is 1. The number of rotatable bonds is 9. The first-order chi connectivity index (χ1) is 17.5. The SMILES string of the molecule is COCOc1ccc(F)cc1[C@H](N[S@@](=O)C(C)(C)C)c1cc2ccccc2n1S(=O)(=O)c1ccccc1. The number of para-hydroxylation sites is 1. The van der Waals surface area contributed by atoms with Crippen molar-refractivity contribution in [1.29, 1.82) is 0 Å². The number of halogens is 1. The third-order valence-electron chi connectivity index (χ3n) is 5.67. The van der Waals surface area contributed by atoms with Crippen molar-refractivity contribution in [1.82, 2.24) is 8.69 Å². The van der Waals surface area contributed by atoms with Gasteiger partial charge < -0.3 is 9.47 Å². The quantitative estimate of drug-likeness (QED) is 0.295. The van der Waals surface area contributed by atoms with Gasteiger partial charge in [-0.1, -0.05) is 36.4 Å². The molecule has 0 amide bonds. The van der Waals surface area contributed by atoms with E-state index in [1.807, 2.05) is 0 Å². The van der Waals surface area contributed by atoms with Gasteiger partial charge in [0.2, 0.25) is 0 Å². The predicted molar refractivity (Wildman–Crippen MR) is 143 cm³/mol. The van der Waals surface area contributed by atoms with Gasteiger partial charge in [0, 0.05) is 18.1 Å². The van der Waals surface area contributed by atoms with E-state index in [2.05, 4.69) is 4.72 Å². The van der Waals surface area contributed by atoms with E-state index in [9.17, 15) is 17.0 Å². The van der Waals surface area contributed by atoms with Crippen LogP contribution in [-0.4, -0.2) is 35.2 Å². The summed E-state index contributed by atoms with van der Waals surface area (Å²) < 4.78 is 70.3. The van der Waals surface area contributed by atoms with Crippen LogP contribution >= 0.6 is 0 Å². The second-order valence-electron chi connectivity index (χ2n) is 9.38. The lowest BCUT2D eigenvalue weighted by Crippen LogP contribution is -2.37. The molecule has 1 aromatic heterocycles. The van der Waals surface area contributed by atoms with Crippen LogP contribution in [0, 0.1) is 5.82 Å². The number of hydrogen-bond acceptors (Lipinski definition) is 5. The molecule has 4 rings (SSSR count). The van der Waals surface area contributed by atoms with Crippen molar-refractivity contribution in [3.8, 4) is 5.75 Å². The van der Waals surface area contributed by atoms with Gasteiger partial charge in [0.05, 0.1) is 37.9 Å². The molecule has 1 heterocycles. The van der Waals surface area contributed by atoms with E-state index in [0.717, 1.165) is 0 Å². The van der Waals surface area contributed by atoms with Crippen molar-refractivity contribution in [2.24, 2.45) is 0 Å². The Balaban J connectivity index is 2.03. The Hall–Kier alpha value is -3.05. The van der Waals surface area contributed by atoms with E-state index >= 15 is 0 Å². The lowest BCUT2D eigenvalue weighted by atomic mass is 10.0. The fourth-order valence-corrected chi connectivity index (χ4v) is 6.27. The Morgan fingerprint density at radius 1 is 1.00 bits per heavy atom. The summed E-state index contributed by atoms with van der Waals surface area (Å²) in [5.41, 5.74) is 0.975. The summed E-state index contributed by atoms with van der Waals surface area (Å²) in [6.45, 7) is 5.25. The molecule has 0 fully saturated rings. The van der Waals surface area contributed by atoms with Gasteiger partial charge in [-0.25, -0.2) is 25.7 Å². The zero-order valence-corrected chi connectivity index (χ0v) is 22.6. The van der Waals surface area contributed by atoms with Crippen LogP contribution in [-0.2, 0) is 25.7 Å². The summed E-state index contributed by atoms with van der Waals surface area (Å²) in [6.07, 6.45) is 0. The zero-order valence-electron chi connectivity index (χ0n) is 21.0. The Morgan fingerprint density at radius 2 is 1.68 bits per heavy atom. The van der Waals surface area contributed by atoms with Crippen molar-refractivity contribution < 1.29 is 26.5 Å². The van der Waals surface area contributed by atoms with Crippen LogP contribution in [0.5, 0.6) is 5.75 Å². The molecule has 3 aromatic carbocycles. The maximum atomic E-state index is 14.6. The summed E-state index contributed by atoms with van der Waals surface area (Å²) in [7, 11) is -4.30. The molecule has 0 saturated carbocycles. The molecule has 2 atom stereocenters. The second kappa shape index (κ2) is 10.7. The van der Waals surface area contributed by atoms with E-state index in [4.69, 9.17) is 9.47 Å². The number of nitrogens with one attached hydrogen (secondary N) is 1. The van der Waals surface area contributed by atoms with Gasteiger partial charge in [0.1, 0.15) is 11.6 Å². The molecule has 196 valence electrons. The van der Waals surface area contributed by atoms with Crippen LogP contribution in [0.3, 0.4) is 0 Å². The minimum absolute atomic E-state index is 0.0865. The first-order valence-corrected chi connectivity index (χ1v) is 14.1. The van der Waals surface area contributed by atoms with E-state index in [-0.39, 0.29) is 28.7 Å². The van der Waals surface area contributed by atoms with Crippen molar-refractivity contribution >= 4 is 31.9 Å². The molecule has 0 radical (unpaired) electrons. The first kappa shape index (κ1) is 27.0. The monoisotopic (exact) mass is 544 g/mol. The highest BCUT2D eigenvalue weighted by Crippen LogP contribution is 2.37. The Morgan fingerprint density at radius 3 is 2.35 bits per heavy atom. The van der Waals surface area contributed by atoms with E-state index in [1.54, 1.807) is 69.3 Å². The zero-order chi connectivity index (χ0) is 26.8. The van der Waals surface area contributed by atoms with Crippen molar-refractivity contribution in [2.75, 3.05) is 13.9 Å². The van der Waals surface area contributed by atoms with E-state index < -0.39 is 37.6 Å². The topological polar surface area (TPSA) is 86.6 Å². The summed E-state index contributed by atoms with van der Waals surface area (Å²) in [4.78, 5) is 0.0865. The number of ether oxygens (including phenoxy) is 2. The summed E-state index contributed by atoms with van der Waals surface area (Å²) in [6, 6.07) is 19.7. The summed E-state index contributed by atoms with van der Waals surface area (Å²) >= 11 is 0. The van der Waals surface area contributed by atoms with Gasteiger partial charge in [-0.3, -0.25) is 0 Å². The third-order valence-corrected chi connectivity index (χ3v) is 8.99. The summed E-state index contributed by atoms with van der Waals surface area (Å²) in [5.74, 6) is -0.290. The average Bonchev–Trinajstić information content (AvgIpc) is 3.26. The molecular formula is C27H29FN2O5S2. The van der Waals surface area contributed by atoms with Crippen LogP contribution in [0.15, 0.2) is 83.8 Å². The Labute approximate surface area is 218 Å². The number of aromatic nitrogens is 1. The maximum Gasteiger partial charge on any atom is 0.268 e. The Kier molecular flexibility index (Phi) is 7.84. The fraction of sp³-hybridized carbons (Fsp3) is 0.259. The van der Waals surface area contributed by atoms with E-state index in [1.165, 1.54) is 41.4 Å². The minimum atomic E-state index is -4.10. The lowest BCUT2D eigenvalue weighted by Gasteiger charge is -2.27. The first-order valence-electron chi connectivity index (χ1n) is 11.5. The third kappa shape index (κ3) is 5.62. The number of hydrogen-bond donors (Lipinski definition) is 1. The lowest BCUT2D eigenvalue weighted by molar-refractivity contribution is 0.0501. The van der Waals surface area contributed by atoms with Crippen LogP contribution in [0.25, 0.3) is 10.9 Å². The molecule has 1 N–H and O–H groups in total. The highest BCUT2D eigenvalue weighted by atomic mass is 32.2. The minimum Gasteiger partial charge on any atom is -0.467 e. The molecule has 0 spiro atoms. The highest BCUT2D eigenvalue weighted by molar-refractivity contribution is 7.90. The normalized spacial score (nSPS) is 14.0. The second-order valence-corrected chi connectivity index (χ2v) is 13.2. The largest absolute Gasteiger partial charge is 0.467 e. The predicted octanol–water partition coefficient (Wildman–Crippen LogP) is 5.14. The number of nitrogens with zero attached hydrogens (tertiary/aromatic N) is 1. The summed E-state index contributed by atoms with van der Waals surface area (Å²) in [5, 5.41) is 0.654. The van der Waals surface area contributed by atoms with Gasteiger partial charge in [-0.2, -0.15) is 0 Å². The molecule has 0 aliphatic heterocycles. The van der Waals surface area contributed by atoms with Gasteiger partial charge >= 0.3 is 0 Å². The van der Waals surface area contributed by atoms with Crippen molar-refractivity contribution in [2.45, 2.75) is 36.5 Å². The molecular weight excluding hydrogens is 515 g/mol. The molecule has 7 nitrogen and oxygen atoms in total. The average molecular weight is 545 g/mol. The van der Waals surface area contributed by atoms with Gasteiger partial charge in [-0.15, -0.1) is 0 Å². The molecule has 4 aromatic rings. The van der Waals surface area contributed by atoms with Crippen LogP contribution in [0.4, 0.5) is 4.39 Å². The van der Waals surface area contributed by atoms with Crippen molar-refractivity contribution in [3.63, 3.8) is 0 Å². The van der Waals surface area contributed by atoms with E-state index in [0.29, 0.717) is 10.9 Å². The number of fused-ring (bicyclic) bond motifs is 1.